The number of carbonyl (C=O) groups is 2. The van der Waals surface area contributed by atoms with Gasteiger partial charge in [0.15, 0.2) is 13.0 Å². The predicted molar refractivity (Wildman–Crippen MR) is 182 cm³/mol. The summed E-state index contributed by atoms with van der Waals surface area (Å²) in [7, 11) is 2.99. The third-order valence-electron chi connectivity index (χ3n) is 8.71. The highest BCUT2D eigenvalue weighted by Crippen LogP contribution is 2.44. The van der Waals surface area contributed by atoms with Crippen molar-refractivity contribution in [2.24, 2.45) is 5.92 Å². The molecule has 13 nitrogen and oxygen atoms in total. The SMILES string of the molecule is COc1ccc(C(OC[C@H]2O[C@@H](n3ccc(NC(C)=O)nc3=O)[C@H](OCOC(=O)C(C(F)(F)F)C(F)(F)F)[C@@H]2O)(c2ccccc2)c2ccc(OC)cc2)cc1. The molecule has 300 valence electrons. The summed E-state index contributed by atoms with van der Waals surface area (Å²) >= 11 is 0. The third-order valence-corrected chi connectivity index (χ3v) is 8.71. The number of methoxy groups -OCH3 is 2. The van der Waals surface area contributed by atoms with Crippen molar-refractivity contribution in [1.82, 2.24) is 9.55 Å². The molecule has 0 aliphatic carbocycles. The lowest BCUT2D eigenvalue weighted by Crippen LogP contribution is -2.44. The third kappa shape index (κ3) is 9.13. The fourth-order valence-electron chi connectivity index (χ4n) is 6.10. The van der Waals surface area contributed by atoms with Gasteiger partial charge in [-0.3, -0.25) is 14.2 Å². The van der Waals surface area contributed by atoms with Gasteiger partial charge in [0.05, 0.1) is 20.8 Å². The van der Waals surface area contributed by atoms with Crippen LogP contribution < -0.4 is 20.5 Å². The zero-order valence-corrected chi connectivity index (χ0v) is 29.7. The van der Waals surface area contributed by atoms with Crippen molar-refractivity contribution in [3.8, 4) is 11.5 Å². The van der Waals surface area contributed by atoms with Crippen molar-refractivity contribution in [3.63, 3.8) is 0 Å². The van der Waals surface area contributed by atoms with E-state index in [2.05, 4.69) is 15.0 Å². The van der Waals surface area contributed by atoms with Gasteiger partial charge in [-0.05, 0) is 47.0 Å². The van der Waals surface area contributed by atoms with E-state index < -0.39 is 79.4 Å². The fourth-order valence-corrected chi connectivity index (χ4v) is 6.10. The van der Waals surface area contributed by atoms with Crippen LogP contribution in [-0.4, -0.2) is 84.8 Å². The van der Waals surface area contributed by atoms with Gasteiger partial charge in [-0.25, -0.2) is 4.79 Å². The first kappa shape index (κ1) is 41.7. The van der Waals surface area contributed by atoms with Crippen LogP contribution in [0.4, 0.5) is 32.2 Å². The standard InChI is InChI=1S/C37H35F6N3O10/c1-21(47)44-28-17-18-46(34(50)45-28)32-30(53-20-54-33(49)31(36(38,39)40)37(41,42)43)29(48)27(56-32)19-55-35(22-7-5-4-6-8-22,23-9-13-25(51-2)14-10-23)24-11-15-26(52-3)16-12-24/h4-18,27,29-32,48H,19-20H2,1-3H3,(H,44,45,47,50)/t27-,29-,30-,32-/m1/s1. The van der Waals surface area contributed by atoms with Crippen molar-refractivity contribution in [3.05, 3.63) is 118 Å². The second kappa shape index (κ2) is 17.1. The number of rotatable bonds is 14. The Bertz CT molecular complexity index is 1950. The maximum Gasteiger partial charge on any atom is 0.411 e. The number of benzene rings is 3. The smallest absolute Gasteiger partial charge is 0.411 e. The molecular formula is C37H35F6N3O10. The second-order valence-corrected chi connectivity index (χ2v) is 12.3. The number of alkyl halides is 6. The molecule has 1 aliphatic rings. The number of nitrogens with zero attached hydrogens (tertiary/aromatic N) is 2. The number of aliphatic hydroxyl groups excluding tert-OH is 1. The summed E-state index contributed by atoms with van der Waals surface area (Å²) < 4.78 is 113. The van der Waals surface area contributed by atoms with Gasteiger partial charge in [0.1, 0.15) is 41.2 Å². The first-order chi connectivity index (χ1) is 26.5. The quantitative estimate of drug-likeness (QED) is 0.0757. The first-order valence-electron chi connectivity index (χ1n) is 16.6. The Morgan fingerprint density at radius 1 is 0.857 bits per heavy atom. The molecule has 0 saturated carbocycles. The Balaban J connectivity index is 1.51. The number of nitrogens with one attached hydrogen (secondary N) is 1. The normalized spacial score (nSPS) is 18.8. The average Bonchev–Trinajstić information content (AvgIpc) is 3.45. The van der Waals surface area contributed by atoms with Crippen LogP contribution in [0.1, 0.15) is 29.8 Å². The molecule has 1 saturated heterocycles. The van der Waals surface area contributed by atoms with E-state index in [4.69, 9.17) is 23.7 Å². The van der Waals surface area contributed by atoms with E-state index in [9.17, 15) is 45.8 Å². The molecule has 3 aromatic carbocycles. The number of carbonyl (C=O) groups excluding carboxylic acids is 2. The molecule has 5 rings (SSSR count). The van der Waals surface area contributed by atoms with Crippen LogP contribution in [0.15, 0.2) is 95.9 Å². The molecule has 2 heterocycles. The van der Waals surface area contributed by atoms with Gasteiger partial charge in [0.2, 0.25) is 11.8 Å². The molecule has 1 aliphatic heterocycles. The van der Waals surface area contributed by atoms with Crippen LogP contribution in [0.3, 0.4) is 0 Å². The monoisotopic (exact) mass is 795 g/mol. The van der Waals surface area contributed by atoms with Gasteiger partial charge >= 0.3 is 24.0 Å². The van der Waals surface area contributed by atoms with Crippen LogP contribution >= 0.6 is 0 Å². The van der Waals surface area contributed by atoms with Crippen LogP contribution in [0.25, 0.3) is 0 Å². The van der Waals surface area contributed by atoms with E-state index >= 15 is 0 Å². The number of amides is 1. The number of halogens is 6. The summed E-state index contributed by atoms with van der Waals surface area (Å²) in [5.74, 6) is -6.85. The topological polar surface area (TPSA) is 157 Å². The van der Waals surface area contributed by atoms with E-state index in [1.54, 1.807) is 78.9 Å². The fraction of sp³-hybridized carbons (Fsp3) is 0.351. The Morgan fingerprint density at radius 3 is 1.88 bits per heavy atom. The Morgan fingerprint density at radius 2 is 1.39 bits per heavy atom. The molecule has 1 aromatic heterocycles. The molecule has 0 spiro atoms. The maximum absolute atomic E-state index is 13.2. The van der Waals surface area contributed by atoms with Crippen molar-refractivity contribution < 1.29 is 69.5 Å². The van der Waals surface area contributed by atoms with Crippen LogP contribution in [0.5, 0.6) is 11.5 Å². The highest BCUT2D eigenvalue weighted by atomic mass is 19.4. The Kier molecular flexibility index (Phi) is 12.7. The lowest BCUT2D eigenvalue weighted by Gasteiger charge is -2.37. The molecule has 1 amide bonds. The second-order valence-electron chi connectivity index (χ2n) is 12.3. The van der Waals surface area contributed by atoms with E-state index in [1.165, 1.54) is 20.3 Å². The van der Waals surface area contributed by atoms with Gasteiger partial charge in [0.25, 0.3) is 0 Å². The van der Waals surface area contributed by atoms with Gasteiger partial charge < -0.3 is 38.8 Å². The van der Waals surface area contributed by atoms with E-state index in [-0.39, 0.29) is 5.82 Å². The predicted octanol–water partition coefficient (Wildman–Crippen LogP) is 5.11. The largest absolute Gasteiger partial charge is 0.497 e. The van der Waals surface area contributed by atoms with Gasteiger partial charge in [-0.2, -0.15) is 31.3 Å². The molecule has 4 atom stereocenters. The number of esters is 1. The molecule has 56 heavy (non-hydrogen) atoms. The minimum atomic E-state index is -6.04. The lowest BCUT2D eigenvalue weighted by atomic mass is 9.80. The van der Waals surface area contributed by atoms with Gasteiger partial charge in [0, 0.05) is 13.1 Å². The van der Waals surface area contributed by atoms with E-state index in [0.717, 1.165) is 17.7 Å². The summed E-state index contributed by atoms with van der Waals surface area (Å²) in [6.07, 6.45) is -17.7. The summed E-state index contributed by atoms with van der Waals surface area (Å²) in [5, 5.41) is 13.9. The van der Waals surface area contributed by atoms with Gasteiger partial charge in [-0.15, -0.1) is 0 Å². The van der Waals surface area contributed by atoms with Crippen molar-refractivity contribution in [2.45, 2.75) is 49.4 Å². The Labute approximate surface area is 314 Å². The molecule has 0 unspecified atom stereocenters. The number of aliphatic hydroxyl groups is 1. The zero-order chi connectivity index (χ0) is 40.8. The summed E-state index contributed by atoms with van der Waals surface area (Å²) in [6, 6.07) is 23.9. The number of ether oxygens (including phenoxy) is 6. The minimum absolute atomic E-state index is 0.166. The van der Waals surface area contributed by atoms with Crippen LogP contribution in [0.2, 0.25) is 0 Å². The number of anilines is 1. The Hall–Kier alpha value is -5.50. The highest BCUT2D eigenvalue weighted by Gasteiger charge is 2.62. The average molecular weight is 796 g/mol. The molecule has 0 radical (unpaired) electrons. The number of aromatic nitrogens is 2. The molecule has 1 fully saturated rings. The van der Waals surface area contributed by atoms with Crippen LogP contribution in [-0.2, 0) is 34.1 Å². The number of hydrogen-bond donors (Lipinski definition) is 2. The molecule has 4 aromatic rings. The number of hydrogen-bond acceptors (Lipinski definition) is 11. The molecular weight excluding hydrogens is 760 g/mol. The van der Waals surface area contributed by atoms with E-state index in [0.29, 0.717) is 28.2 Å². The first-order valence-corrected chi connectivity index (χ1v) is 16.6. The van der Waals surface area contributed by atoms with Gasteiger partial charge in [-0.1, -0.05) is 54.6 Å². The summed E-state index contributed by atoms with van der Waals surface area (Å²) in [4.78, 5) is 40.4. The molecule has 19 heteroatoms. The highest BCUT2D eigenvalue weighted by molar-refractivity contribution is 5.87. The van der Waals surface area contributed by atoms with Crippen molar-refractivity contribution >= 4 is 17.7 Å². The molecule has 2 N–H and O–H groups in total. The van der Waals surface area contributed by atoms with Crippen molar-refractivity contribution in [1.29, 1.82) is 0 Å². The molecule has 0 bridgehead atoms. The van der Waals surface area contributed by atoms with E-state index in [1.807, 2.05) is 0 Å². The summed E-state index contributed by atoms with van der Waals surface area (Å²) in [5.41, 5.74) is -0.746. The van der Waals surface area contributed by atoms with Crippen LogP contribution in [0, 0.1) is 5.92 Å². The lowest BCUT2D eigenvalue weighted by molar-refractivity contribution is -0.285. The minimum Gasteiger partial charge on any atom is -0.497 e. The maximum atomic E-state index is 13.2. The summed E-state index contributed by atoms with van der Waals surface area (Å²) in [6.45, 7) is -0.843. The zero-order valence-electron chi connectivity index (χ0n) is 29.7. The van der Waals surface area contributed by atoms with Crippen molar-refractivity contribution in [2.75, 3.05) is 32.9 Å².